The van der Waals surface area contributed by atoms with Gasteiger partial charge in [-0.05, 0) is 24.6 Å². The quantitative estimate of drug-likeness (QED) is 0.705. The highest BCUT2D eigenvalue weighted by molar-refractivity contribution is 5.85. The predicted octanol–water partition coefficient (Wildman–Crippen LogP) is 4.16. The molecule has 2 aromatic carbocycles. The molecule has 20 heavy (non-hydrogen) atoms. The molecule has 1 aromatic heterocycles. The first-order chi connectivity index (χ1) is 9.83. The fraction of sp³-hybridized carbons (Fsp3) is 0.167. The molecule has 2 nitrogen and oxygen atoms in total. The summed E-state index contributed by atoms with van der Waals surface area (Å²) in [7, 11) is 0. The molecule has 0 radical (unpaired) electrons. The van der Waals surface area contributed by atoms with E-state index in [-0.39, 0.29) is 0 Å². The van der Waals surface area contributed by atoms with Crippen molar-refractivity contribution in [2.75, 3.05) is 6.61 Å². The Morgan fingerprint density at radius 3 is 2.55 bits per heavy atom. The summed E-state index contributed by atoms with van der Waals surface area (Å²) in [6.07, 6.45) is 0.913. The molecule has 0 spiro atoms. The second-order valence-corrected chi connectivity index (χ2v) is 4.86. The summed E-state index contributed by atoms with van der Waals surface area (Å²) < 4.78 is 5.96. The van der Waals surface area contributed by atoms with Gasteiger partial charge < -0.3 is 4.74 Å². The number of para-hydroxylation sites is 1. The zero-order valence-corrected chi connectivity index (χ0v) is 11.5. The van der Waals surface area contributed by atoms with Crippen molar-refractivity contribution in [1.29, 1.82) is 0 Å². The molecule has 0 aliphatic carbocycles. The normalized spacial score (nSPS) is 10.7. The topological polar surface area (TPSA) is 22.1 Å². The highest BCUT2D eigenvalue weighted by Gasteiger charge is 2.04. The van der Waals surface area contributed by atoms with Crippen LogP contribution in [0.15, 0.2) is 60.7 Å². The third-order valence-corrected chi connectivity index (χ3v) is 3.30. The molecule has 3 aromatic rings. The van der Waals surface area contributed by atoms with Crippen LogP contribution in [0.4, 0.5) is 0 Å². The monoisotopic (exact) mass is 263 g/mol. The summed E-state index contributed by atoms with van der Waals surface area (Å²) in [5.41, 5.74) is 3.27. The maximum absolute atomic E-state index is 5.96. The van der Waals surface area contributed by atoms with Crippen LogP contribution >= 0.6 is 0 Å². The van der Waals surface area contributed by atoms with Gasteiger partial charge in [-0.15, -0.1) is 0 Å². The van der Waals surface area contributed by atoms with Gasteiger partial charge in [0.15, 0.2) is 0 Å². The third-order valence-electron chi connectivity index (χ3n) is 3.30. The van der Waals surface area contributed by atoms with E-state index in [1.54, 1.807) is 0 Å². The maximum Gasteiger partial charge on any atom is 0.130 e. The Morgan fingerprint density at radius 1 is 0.950 bits per heavy atom. The molecule has 0 fully saturated rings. The summed E-state index contributed by atoms with van der Waals surface area (Å²) in [5, 5.41) is 1.08. The van der Waals surface area contributed by atoms with Gasteiger partial charge in [-0.2, -0.15) is 0 Å². The summed E-state index contributed by atoms with van der Waals surface area (Å²) in [4.78, 5) is 4.52. The van der Waals surface area contributed by atoms with Crippen LogP contribution in [0.3, 0.4) is 0 Å². The van der Waals surface area contributed by atoms with Crippen molar-refractivity contribution in [3.05, 3.63) is 71.9 Å². The number of pyridine rings is 1. The number of aryl methyl sites for hydroxylation is 1. The molecular weight excluding hydrogens is 246 g/mol. The van der Waals surface area contributed by atoms with Crippen molar-refractivity contribution in [2.45, 2.75) is 13.3 Å². The lowest BCUT2D eigenvalue weighted by Crippen LogP contribution is -2.02. The number of hydrogen-bond donors (Lipinski definition) is 0. The van der Waals surface area contributed by atoms with Crippen LogP contribution in [0.1, 0.15) is 11.3 Å². The van der Waals surface area contributed by atoms with Crippen LogP contribution in [-0.4, -0.2) is 11.6 Å². The molecule has 0 bridgehead atoms. The van der Waals surface area contributed by atoms with Gasteiger partial charge in [-0.3, -0.25) is 4.98 Å². The Labute approximate surface area is 119 Å². The van der Waals surface area contributed by atoms with E-state index in [9.17, 15) is 0 Å². The van der Waals surface area contributed by atoms with Crippen LogP contribution < -0.4 is 4.74 Å². The molecule has 0 unspecified atom stereocenters. The Morgan fingerprint density at radius 2 is 1.70 bits per heavy atom. The average molecular weight is 263 g/mol. The highest BCUT2D eigenvalue weighted by atomic mass is 16.5. The number of ether oxygens (including phenoxy) is 1. The number of benzene rings is 2. The van der Waals surface area contributed by atoms with E-state index in [0.717, 1.165) is 28.8 Å². The minimum atomic E-state index is 0.678. The van der Waals surface area contributed by atoms with E-state index in [1.165, 1.54) is 5.56 Å². The van der Waals surface area contributed by atoms with Crippen molar-refractivity contribution in [2.24, 2.45) is 0 Å². The minimum absolute atomic E-state index is 0.678. The van der Waals surface area contributed by atoms with Crippen LogP contribution in [-0.2, 0) is 6.42 Å². The number of fused-ring (bicyclic) bond motifs is 1. The van der Waals surface area contributed by atoms with Gasteiger partial charge in [0, 0.05) is 23.6 Å². The van der Waals surface area contributed by atoms with Gasteiger partial charge in [0.2, 0.25) is 0 Å². The van der Waals surface area contributed by atoms with E-state index < -0.39 is 0 Å². The SMILES string of the molecule is Cc1cc(OCCc2ccccc2)c2ccccc2n1. The Balaban J connectivity index is 1.77. The van der Waals surface area contributed by atoms with Gasteiger partial charge in [0.05, 0.1) is 12.1 Å². The van der Waals surface area contributed by atoms with Gasteiger partial charge in [-0.1, -0.05) is 42.5 Å². The van der Waals surface area contributed by atoms with Gasteiger partial charge in [0.1, 0.15) is 5.75 Å². The first-order valence-corrected chi connectivity index (χ1v) is 6.86. The van der Waals surface area contributed by atoms with Gasteiger partial charge in [-0.25, -0.2) is 0 Å². The number of nitrogens with zero attached hydrogens (tertiary/aromatic N) is 1. The van der Waals surface area contributed by atoms with E-state index in [2.05, 4.69) is 35.3 Å². The fourth-order valence-corrected chi connectivity index (χ4v) is 2.31. The molecule has 1 heterocycles. The molecule has 0 atom stereocenters. The summed E-state index contributed by atoms with van der Waals surface area (Å²) in [6.45, 7) is 2.67. The predicted molar refractivity (Wildman–Crippen MR) is 82.1 cm³/mol. The highest BCUT2D eigenvalue weighted by Crippen LogP contribution is 2.25. The van der Waals surface area contributed by atoms with Crippen LogP contribution in [0.5, 0.6) is 5.75 Å². The lowest BCUT2D eigenvalue weighted by molar-refractivity contribution is 0.325. The molecule has 3 rings (SSSR count). The van der Waals surface area contributed by atoms with Crippen molar-refractivity contribution in [1.82, 2.24) is 4.98 Å². The van der Waals surface area contributed by atoms with E-state index in [1.807, 2.05) is 37.3 Å². The lowest BCUT2D eigenvalue weighted by Gasteiger charge is -2.10. The maximum atomic E-state index is 5.96. The number of rotatable bonds is 4. The third kappa shape index (κ3) is 2.80. The van der Waals surface area contributed by atoms with Crippen LogP contribution in [0, 0.1) is 6.92 Å². The molecule has 0 aliphatic heterocycles. The molecule has 0 amide bonds. The molecule has 100 valence electrons. The zero-order chi connectivity index (χ0) is 13.8. The Kier molecular flexibility index (Phi) is 3.64. The largest absolute Gasteiger partial charge is 0.492 e. The van der Waals surface area contributed by atoms with Crippen molar-refractivity contribution in [3.8, 4) is 5.75 Å². The number of hydrogen-bond acceptors (Lipinski definition) is 2. The van der Waals surface area contributed by atoms with Crippen LogP contribution in [0.2, 0.25) is 0 Å². The standard InChI is InChI=1S/C18H17NO/c1-14-13-18(16-9-5-6-10-17(16)19-14)20-12-11-15-7-3-2-4-8-15/h2-10,13H,11-12H2,1H3. The number of aromatic nitrogens is 1. The van der Waals surface area contributed by atoms with Gasteiger partial charge >= 0.3 is 0 Å². The van der Waals surface area contributed by atoms with E-state index >= 15 is 0 Å². The van der Waals surface area contributed by atoms with Crippen molar-refractivity contribution in [3.63, 3.8) is 0 Å². The second-order valence-electron chi connectivity index (χ2n) is 4.86. The second kappa shape index (κ2) is 5.74. The van der Waals surface area contributed by atoms with Crippen molar-refractivity contribution >= 4 is 10.9 Å². The Hall–Kier alpha value is -2.35. The Bertz CT molecular complexity index is 707. The fourth-order valence-electron chi connectivity index (χ4n) is 2.31. The molecular formula is C18H17NO. The summed E-state index contributed by atoms with van der Waals surface area (Å²) in [6, 6.07) is 20.5. The molecule has 2 heteroatoms. The first kappa shape index (κ1) is 12.7. The minimum Gasteiger partial charge on any atom is -0.492 e. The summed E-state index contributed by atoms with van der Waals surface area (Å²) in [5.74, 6) is 0.920. The molecule has 0 saturated heterocycles. The average Bonchev–Trinajstić information content (AvgIpc) is 2.48. The first-order valence-electron chi connectivity index (χ1n) is 6.86. The molecule has 0 N–H and O–H groups in total. The smallest absolute Gasteiger partial charge is 0.130 e. The zero-order valence-electron chi connectivity index (χ0n) is 11.5. The summed E-state index contributed by atoms with van der Waals surface area (Å²) >= 11 is 0. The van der Waals surface area contributed by atoms with Crippen molar-refractivity contribution < 1.29 is 4.74 Å². The lowest BCUT2D eigenvalue weighted by atomic mass is 10.1. The van der Waals surface area contributed by atoms with Crippen LogP contribution in [0.25, 0.3) is 10.9 Å². The molecule has 0 saturated carbocycles. The molecule has 0 aliphatic rings. The van der Waals surface area contributed by atoms with E-state index in [4.69, 9.17) is 4.74 Å². The van der Waals surface area contributed by atoms with E-state index in [0.29, 0.717) is 6.61 Å². The van der Waals surface area contributed by atoms with Gasteiger partial charge in [0.25, 0.3) is 0 Å².